The molecule has 3 heteroatoms. The molecule has 0 unspecified atom stereocenters. The summed E-state index contributed by atoms with van der Waals surface area (Å²) in [5.74, 6) is 0.427. The van der Waals surface area contributed by atoms with Crippen LogP contribution in [0.2, 0.25) is 0 Å². The molecular formula is C12H25NO2. The predicted molar refractivity (Wildman–Crippen MR) is 61.7 cm³/mol. The molecular weight excluding hydrogens is 190 g/mol. The Hall–Kier alpha value is -0.120. The zero-order chi connectivity index (χ0) is 11.5. The quantitative estimate of drug-likeness (QED) is 0.600. The van der Waals surface area contributed by atoms with Crippen molar-refractivity contribution in [2.45, 2.75) is 64.2 Å². The number of hydrogen-bond acceptors (Lipinski definition) is 3. The lowest BCUT2D eigenvalue weighted by atomic mass is 9.88. The van der Waals surface area contributed by atoms with Crippen molar-refractivity contribution in [1.82, 2.24) is 5.32 Å². The van der Waals surface area contributed by atoms with Crippen molar-refractivity contribution in [1.29, 1.82) is 0 Å². The monoisotopic (exact) mass is 215 g/mol. The summed E-state index contributed by atoms with van der Waals surface area (Å²) < 4.78 is 0. The van der Waals surface area contributed by atoms with Crippen LogP contribution >= 0.6 is 0 Å². The molecule has 0 saturated heterocycles. The van der Waals surface area contributed by atoms with Gasteiger partial charge in [0.15, 0.2) is 0 Å². The molecule has 2 atom stereocenters. The molecule has 15 heavy (non-hydrogen) atoms. The third-order valence-electron chi connectivity index (χ3n) is 3.30. The molecule has 0 aromatic rings. The van der Waals surface area contributed by atoms with Crippen molar-refractivity contribution >= 4 is 0 Å². The average Bonchev–Trinajstić information content (AvgIpc) is 2.97. The highest BCUT2D eigenvalue weighted by molar-refractivity contribution is 4.95. The van der Waals surface area contributed by atoms with Gasteiger partial charge in [-0.25, -0.2) is 0 Å². The van der Waals surface area contributed by atoms with Crippen molar-refractivity contribution in [3.63, 3.8) is 0 Å². The number of nitrogens with one attached hydrogen (secondary N) is 1. The molecule has 90 valence electrons. The molecule has 1 saturated carbocycles. The van der Waals surface area contributed by atoms with E-state index in [0.717, 1.165) is 19.3 Å². The van der Waals surface area contributed by atoms with Crippen LogP contribution in [0.5, 0.6) is 0 Å². The summed E-state index contributed by atoms with van der Waals surface area (Å²) in [5, 5.41) is 23.3. The fourth-order valence-corrected chi connectivity index (χ4v) is 2.07. The van der Waals surface area contributed by atoms with Crippen LogP contribution in [0.4, 0.5) is 0 Å². The van der Waals surface area contributed by atoms with Gasteiger partial charge in [-0.3, -0.25) is 0 Å². The molecule has 1 rings (SSSR count). The van der Waals surface area contributed by atoms with Crippen molar-refractivity contribution in [2.24, 2.45) is 5.92 Å². The van der Waals surface area contributed by atoms with E-state index in [9.17, 15) is 10.2 Å². The molecule has 1 aliphatic rings. The van der Waals surface area contributed by atoms with Gasteiger partial charge >= 0.3 is 0 Å². The van der Waals surface area contributed by atoms with Crippen LogP contribution in [0.1, 0.15) is 46.5 Å². The van der Waals surface area contributed by atoms with Gasteiger partial charge in [0, 0.05) is 19.0 Å². The minimum Gasteiger partial charge on any atom is -0.392 e. The fourth-order valence-electron chi connectivity index (χ4n) is 2.07. The molecule has 0 aliphatic heterocycles. The van der Waals surface area contributed by atoms with Crippen molar-refractivity contribution in [3.05, 3.63) is 0 Å². The Morgan fingerprint density at radius 1 is 1.40 bits per heavy atom. The summed E-state index contributed by atoms with van der Waals surface area (Å²) in [4.78, 5) is 0. The van der Waals surface area contributed by atoms with Crippen LogP contribution in [-0.2, 0) is 0 Å². The summed E-state index contributed by atoms with van der Waals surface area (Å²) in [6.07, 6.45) is 3.06. The summed E-state index contributed by atoms with van der Waals surface area (Å²) in [6.45, 7) is 6.69. The smallest absolute Gasteiger partial charge is 0.0698 e. The maximum absolute atomic E-state index is 10.3. The van der Waals surface area contributed by atoms with E-state index in [0.29, 0.717) is 24.9 Å². The van der Waals surface area contributed by atoms with Gasteiger partial charge in [0.1, 0.15) is 0 Å². The molecule has 0 aromatic carbocycles. The fraction of sp³-hybridized carbons (Fsp3) is 1.00. The van der Waals surface area contributed by atoms with E-state index in [1.54, 1.807) is 0 Å². The number of rotatable bonds is 7. The summed E-state index contributed by atoms with van der Waals surface area (Å²) in [5.41, 5.74) is -0.627. The standard InChI is InChI=1S/C12H25NO2/c1-4-12(15,10-5-6-10)7-11(14)8-13-9(2)3/h9-11,13-15H,4-8H2,1-3H3/t11-,12-/m0/s1. The zero-order valence-corrected chi connectivity index (χ0v) is 10.2. The summed E-state index contributed by atoms with van der Waals surface area (Å²) in [6, 6.07) is 0.385. The van der Waals surface area contributed by atoms with Gasteiger partial charge in [0.2, 0.25) is 0 Å². The number of hydrogen-bond donors (Lipinski definition) is 3. The molecule has 3 nitrogen and oxygen atoms in total. The van der Waals surface area contributed by atoms with E-state index in [2.05, 4.69) is 19.2 Å². The highest BCUT2D eigenvalue weighted by Gasteiger charge is 2.43. The Labute approximate surface area is 92.9 Å². The lowest BCUT2D eigenvalue weighted by Crippen LogP contribution is -2.40. The van der Waals surface area contributed by atoms with E-state index in [1.807, 2.05) is 6.92 Å². The van der Waals surface area contributed by atoms with Crippen molar-refractivity contribution in [2.75, 3.05) is 6.54 Å². The largest absolute Gasteiger partial charge is 0.392 e. The second-order valence-electron chi connectivity index (χ2n) is 5.15. The second-order valence-corrected chi connectivity index (χ2v) is 5.15. The lowest BCUT2D eigenvalue weighted by molar-refractivity contribution is -0.0312. The molecule has 0 radical (unpaired) electrons. The van der Waals surface area contributed by atoms with E-state index < -0.39 is 11.7 Å². The Morgan fingerprint density at radius 3 is 2.40 bits per heavy atom. The Bertz CT molecular complexity index is 192. The van der Waals surface area contributed by atoms with Gasteiger partial charge < -0.3 is 15.5 Å². The first-order valence-corrected chi connectivity index (χ1v) is 6.11. The van der Waals surface area contributed by atoms with Gasteiger partial charge in [0.05, 0.1) is 11.7 Å². The summed E-state index contributed by atoms with van der Waals surface area (Å²) >= 11 is 0. The first-order valence-electron chi connectivity index (χ1n) is 6.11. The van der Waals surface area contributed by atoms with Gasteiger partial charge in [-0.1, -0.05) is 20.8 Å². The minimum absolute atomic E-state index is 0.385. The van der Waals surface area contributed by atoms with Crippen LogP contribution < -0.4 is 5.32 Å². The van der Waals surface area contributed by atoms with Crippen LogP contribution in [-0.4, -0.2) is 34.5 Å². The van der Waals surface area contributed by atoms with Crippen LogP contribution in [0.15, 0.2) is 0 Å². The maximum atomic E-state index is 10.3. The SMILES string of the molecule is CC[C@](O)(C[C@H](O)CNC(C)C)C1CC1. The molecule has 3 N–H and O–H groups in total. The van der Waals surface area contributed by atoms with Crippen LogP contribution in [0, 0.1) is 5.92 Å². The van der Waals surface area contributed by atoms with Gasteiger partial charge in [-0.05, 0) is 25.2 Å². The molecule has 1 fully saturated rings. The second kappa shape index (κ2) is 5.28. The maximum Gasteiger partial charge on any atom is 0.0698 e. The third kappa shape index (κ3) is 4.09. The topological polar surface area (TPSA) is 52.5 Å². The first kappa shape index (κ1) is 12.9. The van der Waals surface area contributed by atoms with E-state index in [4.69, 9.17) is 0 Å². The first-order chi connectivity index (χ1) is 6.98. The van der Waals surface area contributed by atoms with Crippen molar-refractivity contribution < 1.29 is 10.2 Å². The van der Waals surface area contributed by atoms with E-state index in [-0.39, 0.29) is 0 Å². The normalized spacial score (nSPS) is 22.8. The molecule has 0 bridgehead atoms. The molecule has 0 spiro atoms. The third-order valence-corrected chi connectivity index (χ3v) is 3.30. The van der Waals surface area contributed by atoms with Gasteiger partial charge in [0.25, 0.3) is 0 Å². The average molecular weight is 215 g/mol. The Morgan fingerprint density at radius 2 is 2.00 bits per heavy atom. The van der Waals surface area contributed by atoms with Gasteiger partial charge in [-0.2, -0.15) is 0 Å². The van der Waals surface area contributed by atoms with E-state index in [1.165, 1.54) is 0 Å². The van der Waals surface area contributed by atoms with Gasteiger partial charge in [-0.15, -0.1) is 0 Å². The molecule has 0 aromatic heterocycles. The van der Waals surface area contributed by atoms with Crippen LogP contribution in [0.3, 0.4) is 0 Å². The predicted octanol–water partition coefficient (Wildman–Crippen LogP) is 1.29. The summed E-state index contributed by atoms with van der Waals surface area (Å²) in [7, 11) is 0. The Kier molecular flexibility index (Phi) is 4.56. The van der Waals surface area contributed by atoms with E-state index >= 15 is 0 Å². The molecule has 1 aliphatic carbocycles. The number of aliphatic hydroxyl groups excluding tert-OH is 1. The highest BCUT2D eigenvalue weighted by atomic mass is 16.3. The Balaban J connectivity index is 2.31. The van der Waals surface area contributed by atoms with Crippen molar-refractivity contribution in [3.8, 4) is 0 Å². The molecule has 0 heterocycles. The molecule has 0 amide bonds. The minimum atomic E-state index is -0.627. The van der Waals surface area contributed by atoms with Crippen LogP contribution in [0.25, 0.3) is 0 Å². The zero-order valence-electron chi connectivity index (χ0n) is 10.2. The highest BCUT2D eigenvalue weighted by Crippen LogP contribution is 2.43. The number of aliphatic hydroxyl groups is 2. The lowest BCUT2D eigenvalue weighted by Gasteiger charge is -2.29.